The second kappa shape index (κ2) is 8.67. The summed E-state index contributed by atoms with van der Waals surface area (Å²) in [5.41, 5.74) is 1.53. The van der Waals surface area contributed by atoms with Crippen LogP contribution in [0.4, 0.5) is 5.82 Å². The SMILES string of the molecule is CCOc1ccccc1C(=O)NCc1ccc(N2CCN(C)CC2)nc1. The number of para-hydroxylation sites is 1. The number of carbonyl (C=O) groups excluding carboxylic acids is 1. The first-order valence-electron chi connectivity index (χ1n) is 9.06. The van der Waals surface area contributed by atoms with Crippen LogP contribution in [-0.2, 0) is 6.54 Å². The third-order valence-corrected chi connectivity index (χ3v) is 4.52. The van der Waals surface area contributed by atoms with Crippen LogP contribution in [0.5, 0.6) is 5.75 Å². The number of pyridine rings is 1. The molecule has 3 rings (SSSR count). The molecular formula is C20H26N4O2. The summed E-state index contributed by atoms with van der Waals surface area (Å²) >= 11 is 0. The number of benzene rings is 1. The van der Waals surface area contributed by atoms with Gasteiger partial charge in [-0.3, -0.25) is 4.79 Å². The van der Waals surface area contributed by atoms with Crippen molar-refractivity contribution >= 4 is 11.7 Å². The monoisotopic (exact) mass is 354 g/mol. The Balaban J connectivity index is 1.57. The second-order valence-corrected chi connectivity index (χ2v) is 6.43. The molecule has 138 valence electrons. The first-order valence-corrected chi connectivity index (χ1v) is 9.06. The lowest BCUT2D eigenvalue weighted by Crippen LogP contribution is -2.44. The Kier molecular flexibility index (Phi) is 6.07. The highest BCUT2D eigenvalue weighted by molar-refractivity contribution is 5.96. The van der Waals surface area contributed by atoms with Gasteiger partial charge in [-0.1, -0.05) is 18.2 Å². The zero-order valence-corrected chi connectivity index (χ0v) is 15.4. The number of amides is 1. The van der Waals surface area contributed by atoms with Crippen molar-refractivity contribution in [1.29, 1.82) is 0 Å². The van der Waals surface area contributed by atoms with E-state index in [0.29, 0.717) is 24.5 Å². The third kappa shape index (κ3) is 4.52. The lowest BCUT2D eigenvalue weighted by molar-refractivity contribution is 0.0947. The van der Waals surface area contributed by atoms with Gasteiger partial charge in [0.15, 0.2) is 0 Å². The Bertz CT molecular complexity index is 725. The van der Waals surface area contributed by atoms with E-state index in [1.165, 1.54) is 0 Å². The van der Waals surface area contributed by atoms with Gasteiger partial charge in [0.1, 0.15) is 11.6 Å². The normalized spacial score (nSPS) is 14.9. The summed E-state index contributed by atoms with van der Waals surface area (Å²) in [5, 5.41) is 2.94. The standard InChI is InChI=1S/C20H26N4O2/c1-3-26-18-7-5-4-6-17(18)20(25)22-15-16-8-9-19(21-14-16)24-12-10-23(2)11-13-24/h4-9,14H,3,10-13,15H2,1-2H3,(H,22,25). The third-order valence-electron chi connectivity index (χ3n) is 4.52. The Morgan fingerprint density at radius 2 is 1.92 bits per heavy atom. The van der Waals surface area contributed by atoms with Crippen LogP contribution in [0.25, 0.3) is 0 Å². The molecule has 0 radical (unpaired) electrons. The number of likely N-dealkylation sites (N-methyl/N-ethyl adjacent to an activating group) is 1. The summed E-state index contributed by atoms with van der Waals surface area (Å²) in [6.45, 7) is 6.97. The van der Waals surface area contributed by atoms with Gasteiger partial charge in [-0.2, -0.15) is 0 Å². The molecule has 0 aliphatic carbocycles. The van der Waals surface area contributed by atoms with E-state index in [2.05, 4.69) is 27.1 Å². The molecule has 2 aromatic rings. The maximum atomic E-state index is 12.4. The van der Waals surface area contributed by atoms with E-state index < -0.39 is 0 Å². The van der Waals surface area contributed by atoms with Gasteiger partial charge in [-0.05, 0) is 37.7 Å². The van der Waals surface area contributed by atoms with Crippen molar-refractivity contribution in [3.05, 3.63) is 53.7 Å². The minimum atomic E-state index is -0.141. The highest BCUT2D eigenvalue weighted by Gasteiger charge is 2.15. The number of hydrogen-bond acceptors (Lipinski definition) is 5. The number of nitrogens with one attached hydrogen (secondary N) is 1. The maximum Gasteiger partial charge on any atom is 0.255 e. The predicted octanol–water partition coefficient (Wildman–Crippen LogP) is 2.16. The summed E-state index contributed by atoms with van der Waals surface area (Å²) in [5.74, 6) is 1.46. The summed E-state index contributed by atoms with van der Waals surface area (Å²) in [4.78, 5) is 21.6. The van der Waals surface area contributed by atoms with Crippen LogP contribution in [0, 0.1) is 0 Å². The van der Waals surface area contributed by atoms with Crippen LogP contribution in [0.2, 0.25) is 0 Å². The Labute approximate surface area is 154 Å². The summed E-state index contributed by atoms with van der Waals surface area (Å²) in [6.07, 6.45) is 1.84. The smallest absolute Gasteiger partial charge is 0.255 e. The fourth-order valence-electron chi connectivity index (χ4n) is 2.96. The lowest BCUT2D eigenvalue weighted by Gasteiger charge is -2.33. The fraction of sp³-hybridized carbons (Fsp3) is 0.400. The first kappa shape index (κ1) is 18.2. The van der Waals surface area contributed by atoms with E-state index in [1.807, 2.05) is 43.5 Å². The number of rotatable bonds is 6. The summed E-state index contributed by atoms with van der Waals surface area (Å²) < 4.78 is 5.52. The maximum absolute atomic E-state index is 12.4. The molecule has 1 aliphatic rings. The molecule has 1 saturated heterocycles. The van der Waals surface area contributed by atoms with Crippen LogP contribution in [0.15, 0.2) is 42.6 Å². The molecule has 26 heavy (non-hydrogen) atoms. The number of hydrogen-bond donors (Lipinski definition) is 1. The van der Waals surface area contributed by atoms with Crippen molar-refractivity contribution in [3.63, 3.8) is 0 Å². The highest BCUT2D eigenvalue weighted by atomic mass is 16.5. The van der Waals surface area contributed by atoms with Crippen molar-refractivity contribution in [1.82, 2.24) is 15.2 Å². The number of anilines is 1. The van der Waals surface area contributed by atoms with Gasteiger partial charge in [0.25, 0.3) is 5.91 Å². The zero-order valence-electron chi connectivity index (χ0n) is 15.4. The Morgan fingerprint density at radius 3 is 2.62 bits per heavy atom. The number of nitrogens with zero attached hydrogens (tertiary/aromatic N) is 3. The van der Waals surface area contributed by atoms with E-state index in [0.717, 1.165) is 37.6 Å². The predicted molar refractivity (Wildman–Crippen MR) is 103 cm³/mol. The van der Waals surface area contributed by atoms with Crippen molar-refractivity contribution < 1.29 is 9.53 Å². The summed E-state index contributed by atoms with van der Waals surface area (Å²) in [6, 6.07) is 11.3. The molecule has 0 atom stereocenters. The summed E-state index contributed by atoms with van der Waals surface area (Å²) in [7, 11) is 2.14. The Morgan fingerprint density at radius 1 is 1.15 bits per heavy atom. The second-order valence-electron chi connectivity index (χ2n) is 6.43. The average Bonchev–Trinajstić information content (AvgIpc) is 2.68. The largest absolute Gasteiger partial charge is 0.493 e. The van der Waals surface area contributed by atoms with Crippen LogP contribution >= 0.6 is 0 Å². The first-order chi connectivity index (χ1) is 12.7. The quantitative estimate of drug-likeness (QED) is 0.862. The molecule has 1 fully saturated rings. The Hall–Kier alpha value is -2.60. The number of aromatic nitrogens is 1. The van der Waals surface area contributed by atoms with Gasteiger partial charge in [0.2, 0.25) is 0 Å². The van der Waals surface area contributed by atoms with Crippen LogP contribution in [0.3, 0.4) is 0 Å². The van der Waals surface area contributed by atoms with Crippen molar-refractivity contribution in [2.45, 2.75) is 13.5 Å². The topological polar surface area (TPSA) is 57.7 Å². The minimum absolute atomic E-state index is 0.141. The van der Waals surface area contributed by atoms with E-state index in [9.17, 15) is 4.79 Å². The van der Waals surface area contributed by atoms with Crippen molar-refractivity contribution in [3.8, 4) is 5.75 Å². The van der Waals surface area contributed by atoms with Crippen molar-refractivity contribution in [2.24, 2.45) is 0 Å². The number of ether oxygens (including phenoxy) is 1. The molecule has 0 spiro atoms. The lowest BCUT2D eigenvalue weighted by atomic mass is 10.2. The van der Waals surface area contributed by atoms with Crippen LogP contribution in [0.1, 0.15) is 22.8 Å². The van der Waals surface area contributed by atoms with Crippen molar-refractivity contribution in [2.75, 3.05) is 44.7 Å². The van der Waals surface area contributed by atoms with Crippen LogP contribution < -0.4 is 15.0 Å². The molecule has 1 amide bonds. The molecule has 0 unspecified atom stereocenters. The van der Waals surface area contributed by atoms with Gasteiger partial charge < -0.3 is 19.9 Å². The van der Waals surface area contributed by atoms with Gasteiger partial charge >= 0.3 is 0 Å². The molecule has 1 aromatic heterocycles. The molecule has 0 saturated carbocycles. The van der Waals surface area contributed by atoms with E-state index in [1.54, 1.807) is 6.07 Å². The van der Waals surface area contributed by atoms with E-state index in [4.69, 9.17) is 4.74 Å². The van der Waals surface area contributed by atoms with E-state index >= 15 is 0 Å². The fourth-order valence-corrected chi connectivity index (χ4v) is 2.96. The number of piperazine rings is 1. The van der Waals surface area contributed by atoms with Gasteiger partial charge in [0.05, 0.1) is 12.2 Å². The van der Waals surface area contributed by atoms with Crippen LogP contribution in [-0.4, -0.2) is 55.6 Å². The highest BCUT2D eigenvalue weighted by Crippen LogP contribution is 2.18. The molecular weight excluding hydrogens is 328 g/mol. The zero-order chi connectivity index (χ0) is 18.4. The molecule has 0 bridgehead atoms. The molecule has 2 heterocycles. The molecule has 1 aromatic carbocycles. The molecule has 6 heteroatoms. The van der Waals surface area contributed by atoms with Gasteiger partial charge in [-0.15, -0.1) is 0 Å². The van der Waals surface area contributed by atoms with Gasteiger partial charge in [0, 0.05) is 38.9 Å². The molecule has 1 N–H and O–H groups in total. The van der Waals surface area contributed by atoms with Gasteiger partial charge in [-0.25, -0.2) is 4.98 Å². The number of carbonyl (C=O) groups is 1. The molecule has 6 nitrogen and oxygen atoms in total. The van der Waals surface area contributed by atoms with E-state index in [-0.39, 0.29) is 5.91 Å². The minimum Gasteiger partial charge on any atom is -0.493 e. The average molecular weight is 354 g/mol. The molecule has 1 aliphatic heterocycles.